The highest BCUT2D eigenvalue weighted by molar-refractivity contribution is 5.76. The fourth-order valence-electron chi connectivity index (χ4n) is 8.58. The summed E-state index contributed by atoms with van der Waals surface area (Å²) in [5, 5.41) is 54.5. The Balaban J connectivity index is 2.22. The number of carbonyl (C=O) groups excluding carboxylic acids is 1. The Kier molecular flexibility index (Phi) is 39.3. The van der Waals surface area contributed by atoms with Crippen LogP contribution in [0, 0.1) is 0 Å². The highest BCUT2D eigenvalue weighted by Crippen LogP contribution is 2.23. The monoisotopic (exact) mass is 842 g/mol. The zero-order valence-electron chi connectivity index (χ0n) is 38.8. The summed E-state index contributed by atoms with van der Waals surface area (Å²) in [6.07, 6.45) is 39.7. The van der Waals surface area contributed by atoms with Crippen molar-refractivity contribution in [2.24, 2.45) is 0 Å². The van der Waals surface area contributed by atoms with Crippen LogP contribution < -0.4 is 5.32 Å². The molecule has 2 unspecified atom stereocenters. The van der Waals surface area contributed by atoms with Gasteiger partial charge in [0.05, 0.1) is 25.4 Å². The summed E-state index contributed by atoms with van der Waals surface area (Å²) in [4.78, 5) is 13.0. The quantitative estimate of drug-likeness (QED) is 0.0332. The van der Waals surface area contributed by atoms with Crippen molar-refractivity contribution in [2.45, 2.75) is 301 Å². The molecule has 0 aromatic heterocycles. The maximum Gasteiger partial charge on any atom is 0.220 e. The molecule has 1 saturated heterocycles. The fraction of sp³-hybridized carbons (Fsp3) is 0.980. The molecule has 1 amide bonds. The number of hydrogen-bond acceptors (Lipinski definition) is 8. The first-order chi connectivity index (χ1) is 28.8. The summed E-state index contributed by atoms with van der Waals surface area (Å²) in [5.41, 5.74) is 0. The summed E-state index contributed by atoms with van der Waals surface area (Å²) in [7, 11) is 0. The van der Waals surface area contributed by atoms with Gasteiger partial charge in [-0.3, -0.25) is 4.79 Å². The van der Waals surface area contributed by atoms with E-state index in [0.29, 0.717) is 12.8 Å². The van der Waals surface area contributed by atoms with Crippen LogP contribution in [0.15, 0.2) is 0 Å². The van der Waals surface area contributed by atoms with Crippen LogP contribution in [0.2, 0.25) is 0 Å². The number of carbonyl (C=O) groups is 1. The van der Waals surface area contributed by atoms with Crippen LogP contribution in [0.1, 0.15) is 258 Å². The van der Waals surface area contributed by atoms with E-state index in [4.69, 9.17) is 9.47 Å². The van der Waals surface area contributed by atoms with Crippen molar-refractivity contribution in [3.63, 3.8) is 0 Å². The maximum absolute atomic E-state index is 13.0. The molecule has 0 aliphatic carbocycles. The van der Waals surface area contributed by atoms with Crippen LogP contribution in [0.25, 0.3) is 0 Å². The van der Waals surface area contributed by atoms with Crippen molar-refractivity contribution in [1.82, 2.24) is 5.32 Å². The highest BCUT2D eigenvalue weighted by Gasteiger charge is 2.44. The van der Waals surface area contributed by atoms with Crippen molar-refractivity contribution in [3.05, 3.63) is 0 Å². The number of nitrogens with one attached hydrogen (secondary N) is 1. The fourth-order valence-corrected chi connectivity index (χ4v) is 8.58. The molecule has 352 valence electrons. The zero-order chi connectivity index (χ0) is 43.0. The molecule has 1 rings (SSSR count). The second-order valence-electron chi connectivity index (χ2n) is 18.3. The third-order valence-corrected chi connectivity index (χ3v) is 12.7. The molecule has 1 aliphatic rings. The van der Waals surface area contributed by atoms with Gasteiger partial charge in [-0.2, -0.15) is 0 Å². The molecular formula is C50H99NO8. The number of hydrogen-bond donors (Lipinski definition) is 6. The minimum atomic E-state index is -1.55. The molecule has 59 heavy (non-hydrogen) atoms. The second kappa shape index (κ2) is 41.2. The Morgan fingerprint density at radius 3 is 1.20 bits per heavy atom. The van der Waals surface area contributed by atoms with Crippen LogP contribution in [-0.4, -0.2) is 87.5 Å². The molecule has 0 aromatic carbocycles. The van der Waals surface area contributed by atoms with Crippen LogP contribution in [0.3, 0.4) is 0 Å². The molecule has 1 aliphatic heterocycles. The average Bonchev–Trinajstić information content (AvgIpc) is 3.23. The molecule has 0 spiro atoms. The van der Waals surface area contributed by atoms with E-state index in [-0.39, 0.29) is 12.5 Å². The molecule has 0 saturated carbocycles. The van der Waals surface area contributed by atoms with Gasteiger partial charge in [0.25, 0.3) is 0 Å². The molecule has 7 atom stereocenters. The topological polar surface area (TPSA) is 149 Å². The third-order valence-electron chi connectivity index (χ3n) is 12.7. The van der Waals surface area contributed by atoms with Crippen LogP contribution in [0.4, 0.5) is 0 Å². The van der Waals surface area contributed by atoms with E-state index in [1.54, 1.807) is 0 Å². The van der Waals surface area contributed by atoms with E-state index in [1.807, 2.05) is 0 Å². The molecular weight excluding hydrogens is 743 g/mol. The Hall–Kier alpha value is -0.810. The van der Waals surface area contributed by atoms with Crippen molar-refractivity contribution in [3.8, 4) is 0 Å². The van der Waals surface area contributed by atoms with E-state index in [0.717, 1.165) is 38.5 Å². The smallest absolute Gasteiger partial charge is 0.220 e. The van der Waals surface area contributed by atoms with E-state index in [2.05, 4.69) is 19.2 Å². The molecule has 0 aromatic rings. The summed E-state index contributed by atoms with van der Waals surface area (Å²) in [5.74, 6) is -0.138. The normalized spacial score (nSPS) is 20.6. The summed E-state index contributed by atoms with van der Waals surface area (Å²) in [6, 6.07) is -0.712. The second-order valence-corrected chi connectivity index (χ2v) is 18.3. The van der Waals surface area contributed by atoms with E-state index in [9.17, 15) is 30.3 Å². The number of ether oxygens (including phenoxy) is 2. The zero-order valence-corrected chi connectivity index (χ0v) is 38.8. The van der Waals surface area contributed by atoms with Gasteiger partial charge in [0.2, 0.25) is 5.91 Å². The van der Waals surface area contributed by atoms with Gasteiger partial charge in [-0.25, -0.2) is 0 Å². The van der Waals surface area contributed by atoms with Gasteiger partial charge < -0.3 is 40.3 Å². The summed E-state index contributed by atoms with van der Waals surface area (Å²) < 4.78 is 11.3. The lowest BCUT2D eigenvalue weighted by Gasteiger charge is -2.40. The highest BCUT2D eigenvalue weighted by atomic mass is 16.7. The number of aliphatic hydroxyl groups is 5. The van der Waals surface area contributed by atoms with Gasteiger partial charge in [-0.15, -0.1) is 0 Å². The number of rotatable bonds is 44. The molecule has 0 radical (unpaired) electrons. The first-order valence-electron chi connectivity index (χ1n) is 25.7. The number of amides is 1. The molecule has 9 heteroatoms. The van der Waals surface area contributed by atoms with Gasteiger partial charge in [0.1, 0.15) is 24.4 Å². The SMILES string of the molecule is CCCCCCCCCCCCCCCCCCCCCCCCC(=O)N[C@@H](CO[C@H]1O[C@@H](CO)[C@H](O)C(O)C1O)[C@H](O)CCCCCCCCCCCCCCCC. The lowest BCUT2D eigenvalue weighted by molar-refractivity contribution is -0.302. The Morgan fingerprint density at radius 2 is 0.847 bits per heavy atom. The standard InChI is InChI=1S/C50H99NO8/c1-3-5-7-9-11-13-15-17-19-20-21-22-23-24-25-26-28-30-32-34-36-38-40-46(54)51-43(42-58-50-49(57)48(56)47(55)45(41-52)59-50)44(53)39-37-35-33-31-29-27-18-16-14-12-10-8-6-4-2/h43-45,47-50,52-53,55-57H,3-42H2,1-2H3,(H,51,54)/t43-,44+,45-,47-,48?,49?,50-/m0/s1. The van der Waals surface area contributed by atoms with Gasteiger partial charge in [0, 0.05) is 6.42 Å². The maximum atomic E-state index is 13.0. The van der Waals surface area contributed by atoms with Gasteiger partial charge in [-0.05, 0) is 12.8 Å². The van der Waals surface area contributed by atoms with E-state index < -0.39 is 49.5 Å². The van der Waals surface area contributed by atoms with Crippen molar-refractivity contribution in [1.29, 1.82) is 0 Å². The summed E-state index contributed by atoms with van der Waals surface area (Å²) >= 11 is 0. The molecule has 1 fully saturated rings. The lowest BCUT2D eigenvalue weighted by Crippen LogP contribution is -2.60. The average molecular weight is 842 g/mol. The Morgan fingerprint density at radius 1 is 0.508 bits per heavy atom. The van der Waals surface area contributed by atoms with Crippen molar-refractivity contribution >= 4 is 5.91 Å². The molecule has 1 heterocycles. The van der Waals surface area contributed by atoms with Gasteiger partial charge in [0.15, 0.2) is 6.29 Å². The van der Waals surface area contributed by atoms with Crippen molar-refractivity contribution in [2.75, 3.05) is 13.2 Å². The van der Waals surface area contributed by atoms with Crippen LogP contribution in [-0.2, 0) is 14.3 Å². The molecule has 6 N–H and O–H groups in total. The van der Waals surface area contributed by atoms with E-state index >= 15 is 0 Å². The first kappa shape index (κ1) is 56.2. The predicted octanol–water partition coefficient (Wildman–Crippen LogP) is 11.5. The summed E-state index contributed by atoms with van der Waals surface area (Å²) in [6.45, 7) is 3.86. The third kappa shape index (κ3) is 31.6. The minimum absolute atomic E-state index is 0.131. The first-order valence-corrected chi connectivity index (χ1v) is 25.7. The largest absolute Gasteiger partial charge is 0.394 e. The van der Waals surface area contributed by atoms with Crippen LogP contribution >= 0.6 is 0 Å². The predicted molar refractivity (Wildman–Crippen MR) is 244 cm³/mol. The molecule has 0 bridgehead atoms. The van der Waals surface area contributed by atoms with E-state index in [1.165, 1.54) is 193 Å². The number of unbranched alkanes of at least 4 members (excludes halogenated alkanes) is 34. The Bertz CT molecular complexity index is 893. The Labute approximate surface area is 364 Å². The van der Waals surface area contributed by atoms with Gasteiger partial charge >= 0.3 is 0 Å². The van der Waals surface area contributed by atoms with Crippen molar-refractivity contribution < 1.29 is 39.8 Å². The number of aliphatic hydroxyl groups excluding tert-OH is 5. The minimum Gasteiger partial charge on any atom is -0.394 e. The van der Waals surface area contributed by atoms with Crippen LogP contribution in [0.5, 0.6) is 0 Å². The van der Waals surface area contributed by atoms with Gasteiger partial charge in [-0.1, -0.05) is 239 Å². The lowest BCUT2D eigenvalue weighted by atomic mass is 9.99. The molecule has 9 nitrogen and oxygen atoms in total.